The molecule has 18 heavy (non-hydrogen) atoms. The second-order valence-corrected chi connectivity index (χ2v) is 3.93. The lowest BCUT2D eigenvalue weighted by molar-refractivity contribution is -0.152. The number of carboxylic acids is 1. The first kappa shape index (κ1) is 16.3. The van der Waals surface area contributed by atoms with Gasteiger partial charge in [0.1, 0.15) is 0 Å². The van der Waals surface area contributed by atoms with Crippen LogP contribution in [0.5, 0.6) is 0 Å². The lowest BCUT2D eigenvalue weighted by Gasteiger charge is -2.18. The van der Waals surface area contributed by atoms with Gasteiger partial charge in [-0.15, -0.1) is 0 Å². The number of ether oxygens (including phenoxy) is 1. The first-order valence-electron chi connectivity index (χ1n) is 5.37. The zero-order valence-corrected chi connectivity index (χ0v) is 10.3. The van der Waals surface area contributed by atoms with E-state index in [2.05, 4.69) is 5.32 Å². The average molecular weight is 262 g/mol. The van der Waals surface area contributed by atoms with Gasteiger partial charge in [0, 0.05) is 0 Å². The minimum atomic E-state index is -1.29. The van der Waals surface area contributed by atoms with Crippen LogP contribution in [0.1, 0.15) is 20.3 Å². The van der Waals surface area contributed by atoms with E-state index in [0.29, 0.717) is 0 Å². The summed E-state index contributed by atoms with van der Waals surface area (Å²) in [5.74, 6) is -2.87. The van der Waals surface area contributed by atoms with Gasteiger partial charge in [0.05, 0.1) is 25.2 Å². The number of nitrogens with two attached hydrogens (primary N) is 1. The second-order valence-electron chi connectivity index (χ2n) is 3.93. The number of aliphatic hydroxyl groups excluding tert-OH is 1. The maximum Gasteiger partial charge on any atom is 0.331 e. The van der Waals surface area contributed by atoms with Crippen molar-refractivity contribution in [1.29, 1.82) is 0 Å². The number of aliphatic hydroxyl groups is 1. The van der Waals surface area contributed by atoms with Crippen LogP contribution in [0.2, 0.25) is 0 Å². The van der Waals surface area contributed by atoms with Gasteiger partial charge in [-0.2, -0.15) is 0 Å². The van der Waals surface area contributed by atoms with Gasteiger partial charge in [-0.3, -0.25) is 9.59 Å². The maximum absolute atomic E-state index is 11.4. The molecule has 0 radical (unpaired) electrons. The van der Waals surface area contributed by atoms with E-state index in [1.165, 1.54) is 0 Å². The SMILES string of the molecule is CC(C)OC(=O)[C@H](CO)NC(=O)[C@@H](N)CC(=O)O. The molecule has 2 atom stereocenters. The zero-order chi connectivity index (χ0) is 14.3. The summed E-state index contributed by atoms with van der Waals surface area (Å²) in [6.07, 6.45) is -0.959. The summed E-state index contributed by atoms with van der Waals surface area (Å²) in [7, 11) is 0. The van der Waals surface area contributed by atoms with E-state index < -0.39 is 49.1 Å². The van der Waals surface area contributed by atoms with Crippen LogP contribution in [-0.4, -0.2) is 52.9 Å². The van der Waals surface area contributed by atoms with Crippen molar-refractivity contribution < 1.29 is 29.3 Å². The van der Waals surface area contributed by atoms with Crippen molar-refractivity contribution in [3.8, 4) is 0 Å². The van der Waals surface area contributed by atoms with Gasteiger partial charge < -0.3 is 26.0 Å². The maximum atomic E-state index is 11.4. The predicted molar refractivity (Wildman–Crippen MR) is 60.5 cm³/mol. The summed E-state index contributed by atoms with van der Waals surface area (Å²) in [5, 5.41) is 19.5. The number of esters is 1. The fraction of sp³-hybridized carbons (Fsp3) is 0.700. The molecule has 0 rings (SSSR count). The van der Waals surface area contributed by atoms with Crippen molar-refractivity contribution in [1.82, 2.24) is 5.32 Å². The van der Waals surface area contributed by atoms with Gasteiger partial charge in [0.15, 0.2) is 6.04 Å². The summed E-state index contributed by atoms with van der Waals surface area (Å²) in [6.45, 7) is 2.58. The van der Waals surface area contributed by atoms with Crippen LogP contribution in [0.3, 0.4) is 0 Å². The number of rotatable bonds is 7. The van der Waals surface area contributed by atoms with Crippen LogP contribution in [0.25, 0.3) is 0 Å². The molecule has 0 spiro atoms. The molecule has 0 heterocycles. The number of carbonyl (C=O) groups is 3. The van der Waals surface area contributed by atoms with E-state index in [9.17, 15) is 14.4 Å². The van der Waals surface area contributed by atoms with Crippen molar-refractivity contribution >= 4 is 17.8 Å². The Bertz CT molecular complexity index is 317. The van der Waals surface area contributed by atoms with Crippen LogP contribution in [0.15, 0.2) is 0 Å². The summed E-state index contributed by atoms with van der Waals surface area (Å²) >= 11 is 0. The topological polar surface area (TPSA) is 139 Å². The highest BCUT2D eigenvalue weighted by Crippen LogP contribution is 1.96. The lowest BCUT2D eigenvalue weighted by Crippen LogP contribution is -2.51. The molecule has 104 valence electrons. The molecule has 0 aromatic carbocycles. The summed E-state index contributed by atoms with van der Waals surface area (Å²) in [4.78, 5) is 33.2. The Morgan fingerprint density at radius 1 is 1.33 bits per heavy atom. The molecule has 0 aliphatic rings. The Morgan fingerprint density at radius 2 is 1.89 bits per heavy atom. The third kappa shape index (κ3) is 6.16. The lowest BCUT2D eigenvalue weighted by atomic mass is 10.2. The number of amides is 1. The van der Waals surface area contributed by atoms with Gasteiger partial charge in [0.25, 0.3) is 0 Å². The van der Waals surface area contributed by atoms with Crippen molar-refractivity contribution in [3.63, 3.8) is 0 Å². The Kier molecular flexibility index (Phi) is 6.91. The van der Waals surface area contributed by atoms with Crippen LogP contribution < -0.4 is 11.1 Å². The molecule has 8 heteroatoms. The summed E-state index contributed by atoms with van der Waals surface area (Å²) in [5.41, 5.74) is 5.30. The largest absolute Gasteiger partial charge is 0.481 e. The third-order valence-corrected chi connectivity index (χ3v) is 1.87. The first-order valence-corrected chi connectivity index (χ1v) is 5.37. The normalized spacial score (nSPS) is 13.8. The molecular weight excluding hydrogens is 244 g/mol. The molecule has 0 saturated heterocycles. The molecule has 0 aromatic heterocycles. The van der Waals surface area contributed by atoms with E-state index in [1.807, 2.05) is 0 Å². The Labute approximate surface area is 104 Å². The number of aliphatic carboxylic acids is 1. The Hall–Kier alpha value is -1.67. The smallest absolute Gasteiger partial charge is 0.331 e. The molecule has 8 nitrogen and oxygen atoms in total. The van der Waals surface area contributed by atoms with E-state index in [0.717, 1.165) is 0 Å². The first-order chi connectivity index (χ1) is 8.27. The van der Waals surface area contributed by atoms with Gasteiger partial charge in [-0.05, 0) is 13.8 Å². The minimum absolute atomic E-state index is 0.392. The van der Waals surface area contributed by atoms with E-state index in [1.54, 1.807) is 13.8 Å². The van der Waals surface area contributed by atoms with Crippen LogP contribution in [0.4, 0.5) is 0 Å². The molecule has 1 amide bonds. The highest BCUT2D eigenvalue weighted by molar-refractivity contribution is 5.89. The molecule has 0 bridgehead atoms. The van der Waals surface area contributed by atoms with E-state index in [-0.39, 0.29) is 0 Å². The number of nitrogens with one attached hydrogen (secondary N) is 1. The summed E-state index contributed by atoms with van der Waals surface area (Å²) in [6, 6.07) is -2.54. The number of carbonyl (C=O) groups excluding carboxylic acids is 2. The van der Waals surface area contributed by atoms with E-state index >= 15 is 0 Å². The van der Waals surface area contributed by atoms with Gasteiger partial charge in [-0.1, -0.05) is 0 Å². The van der Waals surface area contributed by atoms with Crippen LogP contribution in [-0.2, 0) is 19.1 Å². The monoisotopic (exact) mass is 262 g/mol. The molecule has 0 aliphatic carbocycles. The minimum Gasteiger partial charge on any atom is -0.481 e. The number of carboxylic acid groups (broad SMARTS) is 1. The number of hydrogen-bond donors (Lipinski definition) is 4. The molecule has 0 aromatic rings. The van der Waals surface area contributed by atoms with Crippen molar-refractivity contribution in [2.75, 3.05) is 6.61 Å². The van der Waals surface area contributed by atoms with Gasteiger partial charge in [0.2, 0.25) is 5.91 Å². The fourth-order valence-corrected chi connectivity index (χ4v) is 1.05. The van der Waals surface area contributed by atoms with Crippen LogP contribution >= 0.6 is 0 Å². The molecular formula is C10H18N2O6. The predicted octanol–water partition coefficient (Wildman–Crippen LogP) is -1.78. The third-order valence-electron chi connectivity index (χ3n) is 1.87. The second kappa shape index (κ2) is 7.62. The molecule has 0 saturated carbocycles. The van der Waals surface area contributed by atoms with Crippen molar-refractivity contribution in [2.24, 2.45) is 5.73 Å². The standard InChI is InChI=1S/C10H18N2O6/c1-5(2)18-10(17)7(4-13)12-9(16)6(11)3-8(14)15/h5-7,13H,3-4,11H2,1-2H3,(H,12,16)(H,14,15)/t6-,7-/m0/s1. The van der Waals surface area contributed by atoms with Gasteiger partial charge >= 0.3 is 11.9 Å². The summed E-state index contributed by atoms with van der Waals surface area (Å²) < 4.78 is 4.79. The van der Waals surface area contributed by atoms with Crippen molar-refractivity contribution in [2.45, 2.75) is 38.5 Å². The Morgan fingerprint density at radius 3 is 2.28 bits per heavy atom. The highest BCUT2D eigenvalue weighted by Gasteiger charge is 2.25. The Balaban J connectivity index is 4.40. The molecule has 0 fully saturated rings. The molecule has 5 N–H and O–H groups in total. The molecule has 0 unspecified atom stereocenters. The van der Waals surface area contributed by atoms with Crippen molar-refractivity contribution in [3.05, 3.63) is 0 Å². The highest BCUT2D eigenvalue weighted by atomic mass is 16.5. The number of hydrogen-bond acceptors (Lipinski definition) is 6. The average Bonchev–Trinajstić information content (AvgIpc) is 2.23. The molecule has 0 aliphatic heterocycles. The quantitative estimate of drug-likeness (QED) is 0.397. The zero-order valence-electron chi connectivity index (χ0n) is 10.3. The van der Waals surface area contributed by atoms with E-state index in [4.69, 9.17) is 20.7 Å². The van der Waals surface area contributed by atoms with Crippen LogP contribution in [0, 0.1) is 0 Å². The fourth-order valence-electron chi connectivity index (χ4n) is 1.05. The van der Waals surface area contributed by atoms with Gasteiger partial charge in [-0.25, -0.2) is 4.79 Å².